The molecule has 0 radical (unpaired) electrons. The van der Waals surface area contributed by atoms with Gasteiger partial charge in [0.15, 0.2) is 5.78 Å². The first-order valence-electron chi connectivity index (χ1n) is 8.14. The van der Waals surface area contributed by atoms with Crippen LogP contribution >= 0.6 is 0 Å². The zero-order chi connectivity index (χ0) is 16.8. The summed E-state index contributed by atoms with van der Waals surface area (Å²) in [4.78, 5) is 13.0. The molecule has 3 aromatic rings. The van der Waals surface area contributed by atoms with Crippen molar-refractivity contribution in [2.24, 2.45) is 5.92 Å². The summed E-state index contributed by atoms with van der Waals surface area (Å²) >= 11 is 0. The van der Waals surface area contributed by atoms with Crippen LogP contribution in [0.25, 0.3) is 0 Å². The number of phenolic OH excluding ortho intramolecular Hbond substituents is 1. The van der Waals surface area contributed by atoms with Crippen molar-refractivity contribution in [3.05, 3.63) is 102 Å². The number of Topliss-reactive ketones (excluding diaryl/α,β-unsaturated/α-hetero) is 1. The Kier molecular flexibility index (Phi) is 5.07. The number of para-hydroxylation sites is 1. The average molecular weight is 316 g/mol. The minimum Gasteiger partial charge on any atom is -0.507 e. The van der Waals surface area contributed by atoms with Crippen molar-refractivity contribution in [2.45, 2.75) is 12.8 Å². The molecule has 0 saturated carbocycles. The van der Waals surface area contributed by atoms with Gasteiger partial charge in [-0.05, 0) is 36.1 Å². The van der Waals surface area contributed by atoms with E-state index < -0.39 is 0 Å². The lowest BCUT2D eigenvalue weighted by Gasteiger charge is -2.17. The molecule has 1 N–H and O–H groups in total. The summed E-state index contributed by atoms with van der Waals surface area (Å²) in [7, 11) is 0. The molecule has 24 heavy (non-hydrogen) atoms. The molecule has 0 spiro atoms. The zero-order valence-corrected chi connectivity index (χ0v) is 13.4. The van der Waals surface area contributed by atoms with Crippen LogP contribution < -0.4 is 0 Å². The van der Waals surface area contributed by atoms with E-state index in [1.165, 1.54) is 0 Å². The molecule has 0 aliphatic heterocycles. The highest BCUT2D eigenvalue weighted by Gasteiger charge is 2.23. The van der Waals surface area contributed by atoms with Crippen LogP contribution in [0.5, 0.6) is 5.75 Å². The van der Waals surface area contributed by atoms with Crippen molar-refractivity contribution >= 4 is 5.78 Å². The third-order valence-electron chi connectivity index (χ3n) is 4.19. The van der Waals surface area contributed by atoms with Gasteiger partial charge in [-0.3, -0.25) is 4.79 Å². The molecule has 0 unspecified atom stereocenters. The fraction of sp³-hybridized carbons (Fsp3) is 0.136. The van der Waals surface area contributed by atoms with Crippen LogP contribution in [-0.2, 0) is 12.8 Å². The second kappa shape index (κ2) is 7.60. The number of benzene rings is 3. The van der Waals surface area contributed by atoms with Crippen LogP contribution in [0, 0.1) is 5.92 Å². The molecular formula is C22H20O2. The van der Waals surface area contributed by atoms with Gasteiger partial charge < -0.3 is 5.11 Å². The van der Waals surface area contributed by atoms with Gasteiger partial charge in [0, 0.05) is 5.92 Å². The molecule has 0 heterocycles. The predicted molar refractivity (Wildman–Crippen MR) is 96.2 cm³/mol. The van der Waals surface area contributed by atoms with Crippen LogP contribution in [0.3, 0.4) is 0 Å². The van der Waals surface area contributed by atoms with E-state index in [1.807, 2.05) is 60.7 Å². The molecule has 0 aliphatic carbocycles. The third-order valence-corrected chi connectivity index (χ3v) is 4.19. The van der Waals surface area contributed by atoms with Gasteiger partial charge in [-0.15, -0.1) is 0 Å². The lowest BCUT2D eigenvalue weighted by Crippen LogP contribution is -2.20. The van der Waals surface area contributed by atoms with Gasteiger partial charge in [0.05, 0.1) is 5.56 Å². The molecule has 3 aromatic carbocycles. The van der Waals surface area contributed by atoms with Gasteiger partial charge in [0.25, 0.3) is 0 Å². The number of hydrogen-bond donors (Lipinski definition) is 1. The van der Waals surface area contributed by atoms with Crippen molar-refractivity contribution in [2.75, 3.05) is 0 Å². The molecule has 0 aliphatic rings. The molecule has 120 valence electrons. The Morgan fingerprint density at radius 1 is 0.708 bits per heavy atom. The summed E-state index contributed by atoms with van der Waals surface area (Å²) < 4.78 is 0. The smallest absolute Gasteiger partial charge is 0.170 e. The van der Waals surface area contributed by atoms with E-state index in [4.69, 9.17) is 0 Å². The van der Waals surface area contributed by atoms with Crippen LogP contribution in [0.1, 0.15) is 21.5 Å². The van der Waals surface area contributed by atoms with E-state index >= 15 is 0 Å². The van der Waals surface area contributed by atoms with E-state index in [0.717, 1.165) is 11.1 Å². The standard InChI is InChI=1S/C22H20O2/c23-21-14-8-7-13-20(21)22(24)19(15-17-9-3-1-4-10-17)16-18-11-5-2-6-12-18/h1-14,19,23H,15-16H2. The van der Waals surface area contributed by atoms with E-state index in [0.29, 0.717) is 18.4 Å². The molecule has 2 nitrogen and oxygen atoms in total. The second-order valence-corrected chi connectivity index (χ2v) is 5.96. The van der Waals surface area contributed by atoms with Gasteiger partial charge in [-0.25, -0.2) is 0 Å². The molecule has 0 bridgehead atoms. The molecular weight excluding hydrogens is 296 g/mol. The third kappa shape index (κ3) is 3.90. The molecule has 0 fully saturated rings. The Labute approximate surface area is 142 Å². The molecule has 3 rings (SSSR count). The summed E-state index contributed by atoms with van der Waals surface area (Å²) in [6.07, 6.45) is 1.31. The number of carbonyl (C=O) groups excluding carboxylic acids is 1. The van der Waals surface area contributed by atoms with Crippen molar-refractivity contribution < 1.29 is 9.90 Å². The average Bonchev–Trinajstić information content (AvgIpc) is 2.63. The van der Waals surface area contributed by atoms with Crippen LogP contribution in [0.4, 0.5) is 0 Å². The van der Waals surface area contributed by atoms with Crippen molar-refractivity contribution in [3.63, 3.8) is 0 Å². The minimum atomic E-state index is -0.205. The fourth-order valence-corrected chi connectivity index (χ4v) is 2.96. The summed E-state index contributed by atoms with van der Waals surface area (Å²) in [6.45, 7) is 0. The van der Waals surface area contributed by atoms with Crippen LogP contribution in [-0.4, -0.2) is 10.9 Å². The molecule has 0 saturated heterocycles. The SMILES string of the molecule is O=C(c1ccccc1O)C(Cc1ccccc1)Cc1ccccc1. The van der Waals surface area contributed by atoms with E-state index in [1.54, 1.807) is 24.3 Å². The highest BCUT2D eigenvalue weighted by molar-refractivity contribution is 6.00. The Balaban J connectivity index is 1.89. The van der Waals surface area contributed by atoms with Crippen molar-refractivity contribution in [3.8, 4) is 5.75 Å². The van der Waals surface area contributed by atoms with Gasteiger partial charge in [-0.2, -0.15) is 0 Å². The Hall–Kier alpha value is -2.87. The number of hydrogen-bond acceptors (Lipinski definition) is 2. The molecule has 0 amide bonds. The van der Waals surface area contributed by atoms with Gasteiger partial charge in [-0.1, -0.05) is 72.8 Å². The Morgan fingerprint density at radius 3 is 1.67 bits per heavy atom. The highest BCUT2D eigenvalue weighted by Crippen LogP contribution is 2.24. The molecule has 2 heteroatoms. The summed E-state index contributed by atoms with van der Waals surface area (Å²) in [5, 5.41) is 10.0. The van der Waals surface area contributed by atoms with Gasteiger partial charge in [0.1, 0.15) is 5.75 Å². The minimum absolute atomic E-state index is 0.0131. The number of aromatic hydroxyl groups is 1. The van der Waals surface area contributed by atoms with Gasteiger partial charge >= 0.3 is 0 Å². The lowest BCUT2D eigenvalue weighted by atomic mass is 9.86. The van der Waals surface area contributed by atoms with Crippen LogP contribution in [0.15, 0.2) is 84.9 Å². The summed E-state index contributed by atoms with van der Waals surface area (Å²) in [5.41, 5.74) is 2.65. The number of rotatable bonds is 6. The number of ketones is 1. The largest absolute Gasteiger partial charge is 0.507 e. The lowest BCUT2D eigenvalue weighted by molar-refractivity contribution is 0.0915. The van der Waals surface area contributed by atoms with Gasteiger partial charge in [0.2, 0.25) is 0 Å². The fourth-order valence-electron chi connectivity index (χ4n) is 2.96. The topological polar surface area (TPSA) is 37.3 Å². The predicted octanol–water partition coefficient (Wildman–Crippen LogP) is 4.68. The van der Waals surface area contributed by atoms with E-state index in [-0.39, 0.29) is 17.5 Å². The molecule has 0 atom stereocenters. The monoisotopic (exact) mass is 316 g/mol. The first kappa shape index (κ1) is 16.0. The Bertz CT molecular complexity index is 753. The second-order valence-electron chi connectivity index (χ2n) is 5.96. The molecule has 0 aromatic heterocycles. The van der Waals surface area contributed by atoms with Crippen molar-refractivity contribution in [1.29, 1.82) is 0 Å². The highest BCUT2D eigenvalue weighted by atomic mass is 16.3. The maximum Gasteiger partial charge on any atom is 0.170 e. The maximum atomic E-state index is 13.0. The normalized spacial score (nSPS) is 10.7. The zero-order valence-electron chi connectivity index (χ0n) is 13.4. The quantitative estimate of drug-likeness (QED) is 0.671. The summed E-state index contributed by atoms with van der Waals surface area (Å²) in [5.74, 6) is -0.169. The summed E-state index contributed by atoms with van der Waals surface area (Å²) in [6, 6.07) is 26.8. The maximum absolute atomic E-state index is 13.0. The first-order valence-corrected chi connectivity index (χ1v) is 8.14. The number of phenols is 1. The van der Waals surface area contributed by atoms with E-state index in [9.17, 15) is 9.90 Å². The first-order chi connectivity index (χ1) is 11.7. The number of carbonyl (C=O) groups is 1. The van der Waals surface area contributed by atoms with Crippen LogP contribution in [0.2, 0.25) is 0 Å². The Morgan fingerprint density at radius 2 is 1.17 bits per heavy atom. The van der Waals surface area contributed by atoms with E-state index in [2.05, 4.69) is 0 Å². The van der Waals surface area contributed by atoms with Crippen molar-refractivity contribution in [1.82, 2.24) is 0 Å².